The van der Waals surface area contributed by atoms with Crippen molar-refractivity contribution in [2.75, 3.05) is 19.6 Å². The van der Waals surface area contributed by atoms with Crippen LogP contribution in [0.1, 0.15) is 27.5 Å². The minimum atomic E-state index is -0.832. The highest BCUT2D eigenvalue weighted by Gasteiger charge is 2.30. The van der Waals surface area contributed by atoms with Gasteiger partial charge in [-0.15, -0.1) is 0 Å². The number of amides is 1. The van der Waals surface area contributed by atoms with E-state index in [0.29, 0.717) is 19.6 Å². The second kappa shape index (κ2) is 6.42. The van der Waals surface area contributed by atoms with E-state index < -0.39 is 17.5 Å². The van der Waals surface area contributed by atoms with Crippen molar-refractivity contribution in [3.05, 3.63) is 65.0 Å². The molecule has 1 unspecified atom stereocenters. The molecule has 1 aliphatic heterocycles. The molecule has 120 valence electrons. The molecule has 1 aromatic heterocycles. The topological polar surface area (TPSA) is 45.2 Å². The Morgan fingerprint density at radius 2 is 2.17 bits per heavy atom. The number of benzene rings is 1. The van der Waals surface area contributed by atoms with Gasteiger partial charge in [-0.2, -0.15) is 0 Å². The molecule has 2 aromatic rings. The summed E-state index contributed by atoms with van der Waals surface area (Å²) in [6.45, 7) is 3.17. The number of hydrogen-bond acceptors (Lipinski definition) is 3. The number of hydrogen-bond donors (Lipinski definition) is 1. The van der Waals surface area contributed by atoms with Gasteiger partial charge < -0.3 is 10.2 Å². The van der Waals surface area contributed by atoms with Gasteiger partial charge in [-0.1, -0.05) is 6.07 Å². The molecule has 1 N–H and O–H groups in total. The summed E-state index contributed by atoms with van der Waals surface area (Å²) in [6.07, 6.45) is 3.36. The smallest absolute Gasteiger partial charge is 0.257 e. The number of aromatic nitrogens is 1. The van der Waals surface area contributed by atoms with Crippen LogP contribution in [0, 0.1) is 18.6 Å². The Balaban J connectivity index is 1.95. The number of piperazine rings is 1. The third kappa shape index (κ3) is 3.07. The predicted molar refractivity (Wildman–Crippen MR) is 82.0 cm³/mol. The summed E-state index contributed by atoms with van der Waals surface area (Å²) in [4.78, 5) is 18.5. The number of aryl methyl sites for hydroxylation is 1. The molecule has 6 heteroatoms. The van der Waals surface area contributed by atoms with Crippen molar-refractivity contribution >= 4 is 5.91 Å². The highest BCUT2D eigenvalue weighted by molar-refractivity contribution is 5.95. The van der Waals surface area contributed by atoms with E-state index in [0.717, 1.165) is 11.6 Å². The van der Waals surface area contributed by atoms with Gasteiger partial charge in [0.15, 0.2) is 0 Å². The van der Waals surface area contributed by atoms with Crippen LogP contribution in [0.4, 0.5) is 8.78 Å². The third-order valence-electron chi connectivity index (χ3n) is 4.05. The first kappa shape index (κ1) is 15.6. The minimum absolute atomic E-state index is 0.0975. The SMILES string of the molecule is Cc1cc(C(=O)N2CCNCC2c2cccnc2)c(F)cc1F. The number of halogens is 2. The minimum Gasteiger partial charge on any atom is -0.329 e. The van der Waals surface area contributed by atoms with Gasteiger partial charge in [-0.25, -0.2) is 8.78 Å². The van der Waals surface area contributed by atoms with Gasteiger partial charge in [-0.3, -0.25) is 9.78 Å². The fraction of sp³-hybridized carbons (Fsp3) is 0.294. The Bertz CT molecular complexity index is 721. The molecule has 1 saturated heterocycles. The summed E-state index contributed by atoms with van der Waals surface area (Å²) in [7, 11) is 0. The van der Waals surface area contributed by atoms with Gasteiger partial charge in [0.05, 0.1) is 11.6 Å². The zero-order valence-electron chi connectivity index (χ0n) is 12.7. The van der Waals surface area contributed by atoms with E-state index in [2.05, 4.69) is 10.3 Å². The predicted octanol–water partition coefficient (Wildman–Crippen LogP) is 2.45. The van der Waals surface area contributed by atoms with Gasteiger partial charge in [-0.05, 0) is 30.2 Å². The first-order chi connectivity index (χ1) is 11.1. The van der Waals surface area contributed by atoms with E-state index in [1.165, 1.54) is 13.0 Å². The second-order valence-corrected chi connectivity index (χ2v) is 5.59. The maximum atomic E-state index is 14.0. The molecule has 3 rings (SSSR count). The molecule has 0 bridgehead atoms. The van der Waals surface area contributed by atoms with Crippen molar-refractivity contribution in [2.24, 2.45) is 0 Å². The van der Waals surface area contributed by atoms with Gasteiger partial charge >= 0.3 is 0 Å². The zero-order valence-corrected chi connectivity index (χ0v) is 12.7. The average molecular weight is 317 g/mol. The summed E-state index contributed by atoms with van der Waals surface area (Å²) in [5.74, 6) is -1.91. The van der Waals surface area contributed by atoms with E-state index in [1.54, 1.807) is 23.4 Å². The van der Waals surface area contributed by atoms with Crippen LogP contribution in [-0.2, 0) is 0 Å². The van der Waals surface area contributed by atoms with Gasteiger partial charge in [0, 0.05) is 38.1 Å². The molecule has 0 aliphatic carbocycles. The monoisotopic (exact) mass is 317 g/mol. The summed E-state index contributed by atoms with van der Waals surface area (Å²) in [5.41, 5.74) is 1.04. The van der Waals surface area contributed by atoms with E-state index in [9.17, 15) is 13.6 Å². The Labute approximate surface area is 133 Å². The molecule has 0 saturated carbocycles. The molecular weight excluding hydrogens is 300 g/mol. The quantitative estimate of drug-likeness (QED) is 0.925. The normalized spacial score (nSPS) is 18.0. The fourth-order valence-corrected chi connectivity index (χ4v) is 2.79. The Hall–Kier alpha value is -2.34. The third-order valence-corrected chi connectivity index (χ3v) is 4.05. The Morgan fingerprint density at radius 1 is 1.35 bits per heavy atom. The lowest BCUT2D eigenvalue weighted by Gasteiger charge is -2.36. The van der Waals surface area contributed by atoms with Crippen LogP contribution in [0.15, 0.2) is 36.7 Å². The van der Waals surface area contributed by atoms with Crippen LogP contribution in [0.5, 0.6) is 0 Å². The number of nitrogens with zero attached hydrogens (tertiary/aromatic N) is 2. The van der Waals surface area contributed by atoms with Crippen LogP contribution in [0.2, 0.25) is 0 Å². The molecule has 0 spiro atoms. The van der Waals surface area contributed by atoms with Crippen LogP contribution in [0.25, 0.3) is 0 Å². The molecule has 23 heavy (non-hydrogen) atoms. The largest absolute Gasteiger partial charge is 0.329 e. The van der Waals surface area contributed by atoms with Gasteiger partial charge in [0.2, 0.25) is 0 Å². The lowest BCUT2D eigenvalue weighted by molar-refractivity contribution is 0.0629. The second-order valence-electron chi connectivity index (χ2n) is 5.59. The number of rotatable bonds is 2. The maximum absolute atomic E-state index is 14.0. The van der Waals surface area contributed by atoms with Crippen molar-refractivity contribution < 1.29 is 13.6 Å². The first-order valence-electron chi connectivity index (χ1n) is 7.45. The standard InChI is InChI=1S/C17H17F2N3O/c1-11-7-13(15(19)8-14(11)18)17(23)22-6-5-21-10-16(22)12-3-2-4-20-9-12/h2-4,7-9,16,21H,5-6,10H2,1H3. The average Bonchev–Trinajstić information content (AvgIpc) is 2.58. The van der Waals surface area contributed by atoms with E-state index in [-0.39, 0.29) is 17.2 Å². The van der Waals surface area contributed by atoms with Crippen LogP contribution in [0.3, 0.4) is 0 Å². The fourth-order valence-electron chi connectivity index (χ4n) is 2.79. The van der Waals surface area contributed by atoms with Gasteiger partial charge in [0.25, 0.3) is 5.91 Å². The molecule has 1 amide bonds. The maximum Gasteiger partial charge on any atom is 0.257 e. The Morgan fingerprint density at radius 3 is 2.91 bits per heavy atom. The molecule has 2 heterocycles. The van der Waals surface area contributed by atoms with Crippen molar-refractivity contribution in [3.8, 4) is 0 Å². The van der Waals surface area contributed by atoms with E-state index >= 15 is 0 Å². The number of nitrogens with one attached hydrogen (secondary N) is 1. The molecular formula is C17H17F2N3O. The van der Waals surface area contributed by atoms with Gasteiger partial charge in [0.1, 0.15) is 11.6 Å². The van der Waals surface area contributed by atoms with Crippen molar-refractivity contribution in [1.29, 1.82) is 0 Å². The Kier molecular flexibility index (Phi) is 4.34. The first-order valence-corrected chi connectivity index (χ1v) is 7.45. The molecule has 1 aromatic carbocycles. The molecule has 4 nitrogen and oxygen atoms in total. The van der Waals surface area contributed by atoms with Crippen LogP contribution in [-0.4, -0.2) is 35.4 Å². The summed E-state index contributed by atoms with van der Waals surface area (Å²) >= 11 is 0. The molecule has 1 aliphatic rings. The summed E-state index contributed by atoms with van der Waals surface area (Å²) < 4.78 is 27.5. The van der Waals surface area contributed by atoms with Crippen molar-refractivity contribution in [3.63, 3.8) is 0 Å². The summed E-state index contributed by atoms with van der Waals surface area (Å²) in [5, 5.41) is 3.23. The highest BCUT2D eigenvalue weighted by atomic mass is 19.1. The number of carbonyl (C=O) groups is 1. The number of carbonyl (C=O) groups excluding carboxylic acids is 1. The molecule has 1 atom stereocenters. The van der Waals surface area contributed by atoms with E-state index in [4.69, 9.17) is 0 Å². The highest BCUT2D eigenvalue weighted by Crippen LogP contribution is 2.25. The lowest BCUT2D eigenvalue weighted by Crippen LogP contribution is -2.48. The zero-order chi connectivity index (χ0) is 16.4. The van der Waals surface area contributed by atoms with Crippen molar-refractivity contribution in [1.82, 2.24) is 15.2 Å². The van der Waals surface area contributed by atoms with Crippen molar-refractivity contribution in [2.45, 2.75) is 13.0 Å². The molecule has 0 radical (unpaired) electrons. The molecule has 1 fully saturated rings. The number of pyridine rings is 1. The van der Waals surface area contributed by atoms with Crippen LogP contribution < -0.4 is 5.32 Å². The lowest BCUT2D eigenvalue weighted by atomic mass is 10.0. The van der Waals surface area contributed by atoms with Crippen LogP contribution >= 0.6 is 0 Å². The van der Waals surface area contributed by atoms with E-state index in [1.807, 2.05) is 6.07 Å². The summed E-state index contributed by atoms with van der Waals surface area (Å²) in [6, 6.07) is 5.50.